The molecule has 0 radical (unpaired) electrons. The second kappa shape index (κ2) is 9.60. The zero-order chi connectivity index (χ0) is 15.2. The highest BCUT2D eigenvalue weighted by atomic mass is 79.9. The second-order valence-corrected chi connectivity index (χ2v) is 6.61. The van der Waals surface area contributed by atoms with E-state index in [9.17, 15) is 4.79 Å². The number of carbonyl (C=O) groups excluding carboxylic acids is 1. The van der Waals surface area contributed by atoms with E-state index < -0.39 is 0 Å². The number of rotatable bonds is 5. The van der Waals surface area contributed by atoms with Gasteiger partial charge in [0.2, 0.25) is 5.91 Å². The Morgan fingerprint density at radius 1 is 1.55 bits per heavy atom. The molecule has 4 nitrogen and oxygen atoms in total. The standard InChI is InChI=1S/C15H20BrClN2O2.ClH/c1-10-4-6-18-9-13(10)19-15(20)5-7-21-14-3-2-11(17)8-12(14)16;/h2-3,8,10,13,18H,4-7,9H2,1H3,(H,19,20);1H. The molecule has 1 aliphatic rings. The zero-order valence-electron chi connectivity index (χ0n) is 12.4. The molecule has 0 spiro atoms. The number of nitrogens with one attached hydrogen (secondary N) is 2. The van der Waals surface area contributed by atoms with Crippen molar-refractivity contribution >= 4 is 45.8 Å². The second-order valence-electron chi connectivity index (χ2n) is 5.32. The molecule has 0 saturated carbocycles. The van der Waals surface area contributed by atoms with E-state index in [-0.39, 0.29) is 24.4 Å². The average Bonchev–Trinajstić information content (AvgIpc) is 2.44. The summed E-state index contributed by atoms with van der Waals surface area (Å²) in [6.45, 7) is 4.39. The highest BCUT2D eigenvalue weighted by Gasteiger charge is 2.22. The van der Waals surface area contributed by atoms with Crippen molar-refractivity contribution in [1.82, 2.24) is 10.6 Å². The van der Waals surface area contributed by atoms with Crippen molar-refractivity contribution in [2.24, 2.45) is 5.92 Å². The Morgan fingerprint density at radius 3 is 3.00 bits per heavy atom. The summed E-state index contributed by atoms with van der Waals surface area (Å²) in [5.41, 5.74) is 0. The predicted octanol–water partition coefficient (Wildman–Crippen LogP) is 3.41. The molecule has 2 atom stereocenters. The van der Waals surface area contributed by atoms with Gasteiger partial charge in [0.15, 0.2) is 0 Å². The van der Waals surface area contributed by atoms with Crippen molar-refractivity contribution in [2.75, 3.05) is 19.7 Å². The fourth-order valence-electron chi connectivity index (χ4n) is 2.31. The first-order valence-electron chi connectivity index (χ1n) is 7.14. The highest BCUT2D eigenvalue weighted by molar-refractivity contribution is 9.10. The molecule has 0 aromatic heterocycles. The maximum atomic E-state index is 11.9. The molecule has 124 valence electrons. The number of halogens is 3. The molecule has 1 saturated heterocycles. The van der Waals surface area contributed by atoms with E-state index in [1.165, 1.54) is 0 Å². The first kappa shape index (κ1) is 19.6. The van der Waals surface area contributed by atoms with Crippen LogP contribution in [0.1, 0.15) is 19.8 Å². The minimum atomic E-state index is 0. The third-order valence-corrected chi connectivity index (χ3v) is 4.51. The number of amides is 1. The minimum absolute atomic E-state index is 0. The van der Waals surface area contributed by atoms with Crippen LogP contribution in [0.15, 0.2) is 22.7 Å². The summed E-state index contributed by atoms with van der Waals surface area (Å²) in [7, 11) is 0. The van der Waals surface area contributed by atoms with E-state index in [1.54, 1.807) is 18.2 Å². The van der Waals surface area contributed by atoms with Crippen molar-refractivity contribution in [1.29, 1.82) is 0 Å². The number of hydrogen-bond donors (Lipinski definition) is 2. The maximum absolute atomic E-state index is 11.9. The number of carbonyl (C=O) groups is 1. The maximum Gasteiger partial charge on any atom is 0.223 e. The third kappa shape index (κ3) is 5.95. The molecule has 1 aliphatic heterocycles. The zero-order valence-corrected chi connectivity index (χ0v) is 15.6. The smallest absolute Gasteiger partial charge is 0.223 e. The topological polar surface area (TPSA) is 50.4 Å². The molecule has 2 rings (SSSR count). The van der Waals surface area contributed by atoms with Crippen LogP contribution in [0.4, 0.5) is 0 Å². The summed E-state index contributed by atoms with van der Waals surface area (Å²) in [4.78, 5) is 11.9. The fraction of sp³-hybridized carbons (Fsp3) is 0.533. The van der Waals surface area contributed by atoms with Crippen molar-refractivity contribution in [2.45, 2.75) is 25.8 Å². The number of benzene rings is 1. The van der Waals surface area contributed by atoms with Gasteiger partial charge in [0, 0.05) is 17.6 Å². The van der Waals surface area contributed by atoms with Crippen LogP contribution < -0.4 is 15.4 Å². The average molecular weight is 412 g/mol. The van der Waals surface area contributed by atoms with Crippen LogP contribution in [0.2, 0.25) is 5.02 Å². The molecule has 1 fully saturated rings. The van der Waals surface area contributed by atoms with Crippen LogP contribution >= 0.6 is 39.9 Å². The van der Waals surface area contributed by atoms with Crippen LogP contribution in [0.5, 0.6) is 5.75 Å². The van der Waals surface area contributed by atoms with E-state index in [1.807, 2.05) is 0 Å². The van der Waals surface area contributed by atoms with Crippen molar-refractivity contribution < 1.29 is 9.53 Å². The molecule has 0 bridgehead atoms. The fourth-order valence-corrected chi connectivity index (χ4v) is 3.11. The monoisotopic (exact) mass is 410 g/mol. The lowest BCUT2D eigenvalue weighted by molar-refractivity contribution is -0.122. The first-order valence-corrected chi connectivity index (χ1v) is 8.31. The summed E-state index contributed by atoms with van der Waals surface area (Å²) >= 11 is 9.25. The van der Waals surface area contributed by atoms with E-state index >= 15 is 0 Å². The van der Waals surface area contributed by atoms with Crippen LogP contribution in [-0.4, -0.2) is 31.6 Å². The van der Waals surface area contributed by atoms with Gasteiger partial charge in [-0.25, -0.2) is 0 Å². The van der Waals surface area contributed by atoms with Gasteiger partial charge in [-0.3, -0.25) is 4.79 Å². The van der Waals surface area contributed by atoms with Crippen LogP contribution in [0.25, 0.3) is 0 Å². The Balaban J connectivity index is 0.00000242. The molecule has 2 N–H and O–H groups in total. The predicted molar refractivity (Wildman–Crippen MR) is 95.1 cm³/mol. The van der Waals surface area contributed by atoms with Crippen molar-refractivity contribution in [3.8, 4) is 5.75 Å². The van der Waals surface area contributed by atoms with Gasteiger partial charge in [0.25, 0.3) is 0 Å². The molecule has 1 aromatic carbocycles. The van der Waals surface area contributed by atoms with E-state index in [2.05, 4.69) is 33.5 Å². The van der Waals surface area contributed by atoms with Gasteiger partial charge in [-0.2, -0.15) is 0 Å². The lowest BCUT2D eigenvalue weighted by Gasteiger charge is -2.30. The van der Waals surface area contributed by atoms with E-state index in [4.69, 9.17) is 16.3 Å². The lowest BCUT2D eigenvalue weighted by atomic mass is 9.95. The van der Waals surface area contributed by atoms with Crippen molar-refractivity contribution in [3.05, 3.63) is 27.7 Å². The molecule has 22 heavy (non-hydrogen) atoms. The summed E-state index contributed by atoms with van der Waals surface area (Å²) < 4.78 is 6.39. The van der Waals surface area contributed by atoms with Gasteiger partial charge < -0.3 is 15.4 Å². The van der Waals surface area contributed by atoms with E-state index in [0.29, 0.717) is 29.7 Å². The Bertz CT molecular complexity index is 502. The molecule has 7 heteroatoms. The number of piperidine rings is 1. The van der Waals surface area contributed by atoms with Gasteiger partial charge in [0.05, 0.1) is 17.5 Å². The Morgan fingerprint density at radius 2 is 2.32 bits per heavy atom. The Kier molecular flexibility index (Phi) is 8.54. The van der Waals surface area contributed by atoms with Crippen LogP contribution in [-0.2, 0) is 4.79 Å². The van der Waals surface area contributed by atoms with Gasteiger partial charge in [-0.15, -0.1) is 12.4 Å². The summed E-state index contributed by atoms with van der Waals surface area (Å²) in [6.07, 6.45) is 1.44. The van der Waals surface area contributed by atoms with Crippen LogP contribution in [0, 0.1) is 5.92 Å². The Hall–Kier alpha value is -0.490. The molecule has 2 unspecified atom stereocenters. The highest BCUT2D eigenvalue weighted by Crippen LogP contribution is 2.27. The summed E-state index contributed by atoms with van der Waals surface area (Å²) in [5, 5.41) is 7.01. The summed E-state index contributed by atoms with van der Waals surface area (Å²) in [6, 6.07) is 5.54. The summed E-state index contributed by atoms with van der Waals surface area (Å²) in [5.74, 6) is 1.24. The molecule has 1 amide bonds. The largest absolute Gasteiger partial charge is 0.492 e. The molecule has 0 aliphatic carbocycles. The quantitative estimate of drug-likeness (QED) is 0.780. The lowest BCUT2D eigenvalue weighted by Crippen LogP contribution is -2.50. The van der Waals surface area contributed by atoms with Gasteiger partial charge in [-0.1, -0.05) is 18.5 Å². The van der Waals surface area contributed by atoms with Gasteiger partial charge in [-0.05, 0) is 53.0 Å². The first-order chi connectivity index (χ1) is 10.1. The van der Waals surface area contributed by atoms with Crippen molar-refractivity contribution in [3.63, 3.8) is 0 Å². The Labute approximate surface area is 150 Å². The third-order valence-electron chi connectivity index (χ3n) is 3.65. The SMILES string of the molecule is CC1CCNCC1NC(=O)CCOc1ccc(Cl)cc1Br.Cl. The molecular formula is C15H21BrCl2N2O2. The number of ether oxygens (including phenoxy) is 1. The van der Waals surface area contributed by atoms with E-state index in [0.717, 1.165) is 24.0 Å². The molecule has 1 heterocycles. The van der Waals surface area contributed by atoms with Gasteiger partial charge in [0.1, 0.15) is 5.75 Å². The normalized spacial score (nSPS) is 20.9. The van der Waals surface area contributed by atoms with Crippen LogP contribution in [0.3, 0.4) is 0 Å². The number of hydrogen-bond acceptors (Lipinski definition) is 3. The molecule has 1 aromatic rings. The minimum Gasteiger partial charge on any atom is -0.492 e. The molecular weight excluding hydrogens is 391 g/mol. The van der Waals surface area contributed by atoms with Gasteiger partial charge >= 0.3 is 0 Å².